The molecule has 0 saturated carbocycles. The molecule has 0 aromatic heterocycles. The van der Waals surface area contributed by atoms with E-state index in [0.717, 1.165) is 28.7 Å². The average Bonchev–Trinajstić information content (AvgIpc) is 3.18. The van der Waals surface area contributed by atoms with Gasteiger partial charge in [-0.25, -0.2) is 4.21 Å². The molecule has 3 aromatic rings. The van der Waals surface area contributed by atoms with Crippen LogP contribution in [-0.4, -0.2) is 43.8 Å². The van der Waals surface area contributed by atoms with Crippen LogP contribution in [0.5, 0.6) is 11.5 Å². The van der Waals surface area contributed by atoms with E-state index in [1.165, 1.54) is 12.3 Å². The smallest absolute Gasteiger partial charge is 0.224 e. The lowest BCUT2D eigenvalue weighted by Gasteiger charge is -2.28. The Morgan fingerprint density at radius 2 is 1.74 bits per heavy atom. The predicted octanol–water partition coefficient (Wildman–Crippen LogP) is 4.74. The van der Waals surface area contributed by atoms with Crippen molar-refractivity contribution in [3.63, 3.8) is 0 Å². The normalized spacial score (nSPS) is 14.1. The molecule has 1 amide bonds. The lowest BCUT2D eigenvalue weighted by Crippen LogP contribution is -2.43. The number of aliphatic hydroxyl groups is 1. The van der Waals surface area contributed by atoms with Gasteiger partial charge < -0.3 is 30.7 Å². The summed E-state index contributed by atoms with van der Waals surface area (Å²) < 4.78 is 14.2. The Morgan fingerprint density at radius 3 is 2.52 bits per heavy atom. The Balaban J connectivity index is 1.33. The number of carbonyl (C=O) groups excluding carboxylic acids is 1. The topological polar surface area (TPSA) is 131 Å². The number of phenols is 2. The number of hydrogen-bond donors (Lipinski definition) is 6. The molecule has 1 aliphatic carbocycles. The quantitative estimate of drug-likeness (QED) is 0.169. The zero-order chi connectivity index (χ0) is 30.3. The maximum Gasteiger partial charge on any atom is 0.224 e. The highest BCUT2D eigenvalue weighted by Gasteiger charge is 2.21. The molecule has 222 valence electrons. The van der Waals surface area contributed by atoms with Crippen molar-refractivity contribution in [2.24, 2.45) is 0 Å². The predicted molar refractivity (Wildman–Crippen MR) is 169 cm³/mol. The lowest BCUT2D eigenvalue weighted by molar-refractivity contribution is -0.120. The Kier molecular flexibility index (Phi) is 10.2. The molecule has 0 bridgehead atoms. The monoisotopic (exact) mass is 589 g/mol. The Bertz CT molecular complexity index is 1520. The van der Waals surface area contributed by atoms with Gasteiger partial charge in [0, 0.05) is 30.4 Å². The summed E-state index contributed by atoms with van der Waals surface area (Å²) in [4.78, 5) is 12.8. The number of allylic oxidation sites excluding steroid dienone is 2. The average molecular weight is 590 g/mol. The maximum atomic E-state index is 12.8. The first-order valence-electron chi connectivity index (χ1n) is 13.9. The zero-order valence-corrected chi connectivity index (χ0v) is 25.0. The second kappa shape index (κ2) is 13.8. The number of hydrogen-bond acceptors (Lipinski definition) is 6. The fourth-order valence-corrected chi connectivity index (χ4v) is 5.48. The van der Waals surface area contributed by atoms with Crippen LogP contribution >= 0.6 is 0 Å². The van der Waals surface area contributed by atoms with Gasteiger partial charge in [-0.05, 0) is 72.7 Å². The minimum atomic E-state index is -1.35. The molecule has 1 unspecified atom stereocenters. The van der Waals surface area contributed by atoms with E-state index < -0.39 is 17.1 Å². The number of nitrogens with one attached hydrogen (secondary N) is 3. The van der Waals surface area contributed by atoms with Gasteiger partial charge in [0.05, 0.1) is 18.2 Å². The van der Waals surface area contributed by atoms with Crippen LogP contribution < -0.4 is 15.4 Å². The van der Waals surface area contributed by atoms with Gasteiger partial charge in [-0.3, -0.25) is 4.79 Å². The molecule has 0 aliphatic heterocycles. The molecule has 0 fully saturated rings. The standard InChI is InChI=1S/C33H39N3O5S/c1-33(2,35-21-31(39)25-13-15-30(38)28(18-25)36-42(3)41)19-23-9-7-8-22(16-23)17-32(40)34-20-27-26-11-6-4-5-10-24(26)12-14-29(27)37/h5-16,18,31,35-39H,4,17,19-21H2,1-3H3,(H,34,40)/t31-,42?/m0/s1. The van der Waals surface area contributed by atoms with Crippen molar-refractivity contribution in [3.05, 3.63) is 100 Å². The van der Waals surface area contributed by atoms with Crippen LogP contribution in [0.1, 0.15) is 59.8 Å². The molecule has 0 spiro atoms. The van der Waals surface area contributed by atoms with Crippen molar-refractivity contribution in [1.82, 2.24) is 10.6 Å². The van der Waals surface area contributed by atoms with E-state index in [9.17, 15) is 24.3 Å². The van der Waals surface area contributed by atoms with Gasteiger partial charge >= 0.3 is 0 Å². The van der Waals surface area contributed by atoms with E-state index in [4.69, 9.17) is 0 Å². The molecule has 3 aromatic carbocycles. The lowest BCUT2D eigenvalue weighted by atomic mass is 9.93. The highest BCUT2D eigenvalue weighted by molar-refractivity contribution is 7.85. The fourth-order valence-electron chi connectivity index (χ4n) is 5.00. The van der Waals surface area contributed by atoms with Gasteiger partial charge in [0.25, 0.3) is 0 Å². The zero-order valence-electron chi connectivity index (χ0n) is 24.2. The Morgan fingerprint density at radius 1 is 1.00 bits per heavy atom. The minimum Gasteiger partial charge on any atom is -0.508 e. The molecule has 2 atom stereocenters. The summed E-state index contributed by atoms with van der Waals surface area (Å²) in [5.74, 6) is -0.00617. The number of anilines is 1. The third kappa shape index (κ3) is 8.55. The van der Waals surface area contributed by atoms with Gasteiger partial charge in [-0.15, -0.1) is 0 Å². The number of phenolic OH excluding ortho intramolecular Hbond substituents is 2. The van der Waals surface area contributed by atoms with Crippen molar-refractivity contribution < 1.29 is 24.3 Å². The summed E-state index contributed by atoms with van der Waals surface area (Å²) in [5.41, 5.74) is 5.10. The summed E-state index contributed by atoms with van der Waals surface area (Å²) in [6.45, 7) is 4.60. The SMILES string of the molecule is CS(=O)Nc1cc([C@@H](O)CNC(C)(C)Cc2cccc(CC(=O)NCc3c(O)ccc4c3C=CCC=C4)c2)ccc1O. The van der Waals surface area contributed by atoms with Crippen LogP contribution in [0.3, 0.4) is 0 Å². The van der Waals surface area contributed by atoms with Crippen LogP contribution in [0.2, 0.25) is 0 Å². The summed E-state index contributed by atoms with van der Waals surface area (Å²) in [6, 6.07) is 16.1. The van der Waals surface area contributed by atoms with Crippen LogP contribution in [0, 0.1) is 0 Å². The van der Waals surface area contributed by atoms with Crippen LogP contribution in [0.15, 0.2) is 66.7 Å². The summed E-state index contributed by atoms with van der Waals surface area (Å²) >= 11 is 0. The van der Waals surface area contributed by atoms with Crippen molar-refractivity contribution in [3.8, 4) is 11.5 Å². The number of aliphatic hydroxyl groups excluding tert-OH is 1. The highest BCUT2D eigenvalue weighted by Crippen LogP contribution is 2.29. The number of rotatable bonds is 12. The minimum absolute atomic E-state index is 0.0369. The second-order valence-corrected chi connectivity index (χ2v) is 12.3. The molecule has 0 saturated heterocycles. The second-order valence-electron chi connectivity index (χ2n) is 11.2. The molecule has 9 heteroatoms. The largest absolute Gasteiger partial charge is 0.508 e. The Labute approximate surface area is 249 Å². The van der Waals surface area contributed by atoms with Crippen LogP contribution in [0.4, 0.5) is 5.69 Å². The molecule has 1 aliphatic rings. The summed E-state index contributed by atoms with van der Waals surface area (Å²) in [7, 11) is -1.35. The molecule has 4 rings (SSSR count). The van der Waals surface area contributed by atoms with Crippen LogP contribution in [0.25, 0.3) is 12.2 Å². The van der Waals surface area contributed by atoms with E-state index >= 15 is 0 Å². The van der Waals surface area contributed by atoms with E-state index in [2.05, 4.69) is 21.4 Å². The van der Waals surface area contributed by atoms with E-state index in [-0.39, 0.29) is 42.5 Å². The van der Waals surface area contributed by atoms with Crippen molar-refractivity contribution in [2.45, 2.75) is 51.3 Å². The molecule has 42 heavy (non-hydrogen) atoms. The number of benzene rings is 3. The van der Waals surface area contributed by atoms with Crippen LogP contribution in [-0.2, 0) is 35.2 Å². The maximum absolute atomic E-state index is 12.8. The summed E-state index contributed by atoms with van der Waals surface area (Å²) in [5, 5.41) is 37.5. The van der Waals surface area contributed by atoms with Crippen molar-refractivity contribution >= 4 is 34.7 Å². The van der Waals surface area contributed by atoms with Gasteiger partial charge in [-0.1, -0.05) is 60.7 Å². The Hall–Kier alpha value is -3.92. The number of carbonyl (C=O) groups is 1. The number of fused-ring (bicyclic) bond motifs is 1. The van der Waals surface area contributed by atoms with Gasteiger partial charge in [-0.2, -0.15) is 0 Å². The van der Waals surface area contributed by atoms with Crippen molar-refractivity contribution in [2.75, 3.05) is 17.5 Å². The van der Waals surface area contributed by atoms with E-state index in [0.29, 0.717) is 23.2 Å². The fraction of sp³-hybridized carbons (Fsp3) is 0.303. The number of β-amino-alcohol motifs (C(OH)–C–C–N with tert-alkyl or cyclic N) is 1. The third-order valence-electron chi connectivity index (χ3n) is 7.12. The van der Waals surface area contributed by atoms with E-state index in [1.807, 2.05) is 62.4 Å². The molecule has 8 nitrogen and oxygen atoms in total. The number of amides is 1. The van der Waals surface area contributed by atoms with Gasteiger partial charge in [0.2, 0.25) is 5.91 Å². The van der Waals surface area contributed by atoms with Gasteiger partial charge in [0.15, 0.2) is 0 Å². The van der Waals surface area contributed by atoms with Gasteiger partial charge in [0.1, 0.15) is 22.5 Å². The van der Waals surface area contributed by atoms with E-state index in [1.54, 1.807) is 18.2 Å². The number of aromatic hydroxyl groups is 2. The molecular weight excluding hydrogens is 550 g/mol. The molecular formula is C33H39N3O5S. The first-order chi connectivity index (χ1) is 20.0. The summed E-state index contributed by atoms with van der Waals surface area (Å²) in [6.07, 6.45) is 10.4. The van der Waals surface area contributed by atoms with Crippen molar-refractivity contribution in [1.29, 1.82) is 0 Å². The molecule has 0 radical (unpaired) electrons. The highest BCUT2D eigenvalue weighted by atomic mass is 32.2. The first-order valence-corrected chi connectivity index (χ1v) is 15.4. The molecule has 6 N–H and O–H groups in total. The molecule has 0 heterocycles. The third-order valence-corrected chi connectivity index (χ3v) is 7.63. The first kappa shape index (κ1) is 31.0.